The molecule has 1 saturated heterocycles. The summed E-state index contributed by atoms with van der Waals surface area (Å²) in [7, 11) is -3.66. The summed E-state index contributed by atoms with van der Waals surface area (Å²) in [5.74, 6) is 5.28. The highest BCUT2D eigenvalue weighted by atomic mass is 32.2. The zero-order valence-corrected chi connectivity index (χ0v) is 10.6. The molecule has 2 heterocycles. The van der Waals surface area contributed by atoms with Crippen molar-refractivity contribution in [2.75, 3.05) is 18.6 Å². The number of aromatic nitrogens is 1. The van der Waals surface area contributed by atoms with E-state index >= 15 is 0 Å². The summed E-state index contributed by atoms with van der Waals surface area (Å²) in [5, 5.41) is -0.0843. The molecule has 0 aliphatic carbocycles. The van der Waals surface area contributed by atoms with Gasteiger partial charge >= 0.3 is 0 Å². The van der Waals surface area contributed by atoms with Crippen molar-refractivity contribution < 1.29 is 13.2 Å². The number of nitrogens with two attached hydrogens (primary N) is 1. The minimum Gasteiger partial charge on any atom is -0.381 e. The standard InChI is InChI=1S/C10H16N4O3S/c11-13-9-2-1-5-12-10(9)18(15,16)14-8-3-6-17-7-4-8/h1-2,5,8,13-14H,3-4,6-7,11H2. The van der Waals surface area contributed by atoms with Crippen LogP contribution in [0.3, 0.4) is 0 Å². The fraction of sp³-hybridized carbons (Fsp3) is 0.500. The van der Waals surface area contributed by atoms with Crippen molar-refractivity contribution in [3.63, 3.8) is 0 Å². The normalized spacial score (nSPS) is 17.6. The van der Waals surface area contributed by atoms with Crippen LogP contribution in [-0.2, 0) is 14.8 Å². The van der Waals surface area contributed by atoms with Crippen molar-refractivity contribution in [3.05, 3.63) is 18.3 Å². The molecule has 0 atom stereocenters. The second kappa shape index (κ2) is 5.61. The molecule has 100 valence electrons. The first kappa shape index (κ1) is 13.2. The van der Waals surface area contributed by atoms with Crippen LogP contribution in [0.1, 0.15) is 12.8 Å². The maximum absolute atomic E-state index is 12.2. The Morgan fingerprint density at radius 1 is 1.39 bits per heavy atom. The van der Waals surface area contributed by atoms with Crippen molar-refractivity contribution in [1.29, 1.82) is 0 Å². The first-order valence-corrected chi connectivity index (χ1v) is 7.13. The van der Waals surface area contributed by atoms with Crippen LogP contribution in [0.25, 0.3) is 0 Å². The van der Waals surface area contributed by atoms with Gasteiger partial charge in [0.15, 0.2) is 5.03 Å². The van der Waals surface area contributed by atoms with Crippen LogP contribution in [0.5, 0.6) is 0 Å². The Labute approximate surface area is 106 Å². The van der Waals surface area contributed by atoms with Gasteiger partial charge in [0, 0.05) is 25.5 Å². The minimum absolute atomic E-state index is 0.0843. The van der Waals surface area contributed by atoms with Crippen LogP contribution >= 0.6 is 0 Å². The predicted octanol–water partition coefficient (Wildman–Crippen LogP) is -0.175. The lowest BCUT2D eigenvalue weighted by atomic mass is 10.1. The molecule has 0 spiro atoms. The molecule has 4 N–H and O–H groups in total. The van der Waals surface area contributed by atoms with E-state index in [-0.39, 0.29) is 16.8 Å². The van der Waals surface area contributed by atoms with E-state index in [1.54, 1.807) is 12.1 Å². The SMILES string of the molecule is NNc1cccnc1S(=O)(=O)NC1CCOCC1. The fourth-order valence-electron chi connectivity index (χ4n) is 1.81. The van der Waals surface area contributed by atoms with Gasteiger partial charge in [0.05, 0.1) is 5.69 Å². The van der Waals surface area contributed by atoms with Crippen molar-refractivity contribution in [2.45, 2.75) is 23.9 Å². The van der Waals surface area contributed by atoms with Gasteiger partial charge in [-0.3, -0.25) is 5.84 Å². The van der Waals surface area contributed by atoms with E-state index in [1.807, 2.05) is 0 Å². The molecule has 7 nitrogen and oxygen atoms in total. The number of anilines is 1. The lowest BCUT2D eigenvalue weighted by Crippen LogP contribution is -2.39. The predicted molar refractivity (Wildman–Crippen MR) is 66.2 cm³/mol. The second-order valence-corrected chi connectivity index (χ2v) is 5.64. The summed E-state index contributed by atoms with van der Waals surface area (Å²) in [4.78, 5) is 3.86. The van der Waals surface area contributed by atoms with Crippen molar-refractivity contribution in [1.82, 2.24) is 9.71 Å². The number of rotatable bonds is 4. The fourth-order valence-corrected chi connectivity index (χ4v) is 3.21. The van der Waals surface area contributed by atoms with Crippen molar-refractivity contribution in [2.24, 2.45) is 5.84 Å². The highest BCUT2D eigenvalue weighted by Gasteiger charge is 2.25. The van der Waals surface area contributed by atoms with Gasteiger partial charge in [-0.1, -0.05) is 0 Å². The Kier molecular flexibility index (Phi) is 4.12. The number of ether oxygens (including phenoxy) is 1. The summed E-state index contributed by atoms with van der Waals surface area (Å²) < 4.78 is 32.1. The topological polar surface area (TPSA) is 106 Å². The van der Waals surface area contributed by atoms with Crippen molar-refractivity contribution >= 4 is 15.7 Å². The summed E-state index contributed by atoms with van der Waals surface area (Å²) >= 11 is 0. The Morgan fingerprint density at radius 3 is 2.78 bits per heavy atom. The van der Waals surface area contributed by atoms with Crippen LogP contribution in [0, 0.1) is 0 Å². The number of nitrogen functional groups attached to an aromatic ring is 1. The highest BCUT2D eigenvalue weighted by molar-refractivity contribution is 7.89. The molecule has 8 heteroatoms. The second-order valence-electron chi connectivity index (χ2n) is 4.01. The zero-order chi connectivity index (χ0) is 13.0. The van der Waals surface area contributed by atoms with E-state index in [0.717, 1.165) is 0 Å². The number of nitrogens with zero attached hydrogens (tertiary/aromatic N) is 1. The molecule has 1 aromatic rings. The number of hydrazine groups is 1. The van der Waals surface area contributed by atoms with E-state index in [9.17, 15) is 8.42 Å². The largest absolute Gasteiger partial charge is 0.381 e. The molecule has 1 fully saturated rings. The lowest BCUT2D eigenvalue weighted by molar-refractivity contribution is 0.0832. The van der Waals surface area contributed by atoms with E-state index in [2.05, 4.69) is 15.1 Å². The van der Waals surface area contributed by atoms with Gasteiger partial charge in [0.2, 0.25) is 0 Å². The lowest BCUT2D eigenvalue weighted by Gasteiger charge is -2.23. The molecule has 0 radical (unpaired) electrons. The third-order valence-corrected chi connectivity index (χ3v) is 4.20. The zero-order valence-electron chi connectivity index (χ0n) is 9.80. The Hall–Kier alpha value is -1.22. The third kappa shape index (κ3) is 2.96. The summed E-state index contributed by atoms with van der Waals surface area (Å²) in [6, 6.07) is 3.06. The molecule has 0 bridgehead atoms. The van der Waals surface area contributed by atoms with Crippen LogP contribution in [0.15, 0.2) is 23.4 Å². The van der Waals surface area contributed by atoms with Crippen LogP contribution < -0.4 is 16.0 Å². The molecule has 2 rings (SSSR count). The van der Waals surface area contributed by atoms with E-state index < -0.39 is 10.0 Å². The Morgan fingerprint density at radius 2 is 2.11 bits per heavy atom. The Balaban J connectivity index is 2.19. The smallest absolute Gasteiger partial charge is 0.260 e. The number of nitrogens with one attached hydrogen (secondary N) is 2. The van der Waals surface area contributed by atoms with Gasteiger partial charge in [0.1, 0.15) is 0 Å². The van der Waals surface area contributed by atoms with Gasteiger partial charge in [-0.2, -0.15) is 0 Å². The quantitative estimate of drug-likeness (QED) is 0.519. The Bertz CT molecular complexity index is 500. The van der Waals surface area contributed by atoms with Gasteiger partial charge < -0.3 is 10.2 Å². The summed E-state index contributed by atoms with van der Waals surface area (Å²) in [5.41, 5.74) is 2.61. The van der Waals surface area contributed by atoms with Crippen LogP contribution in [-0.4, -0.2) is 32.7 Å². The molecule has 1 aliphatic rings. The van der Waals surface area contributed by atoms with Crippen molar-refractivity contribution in [3.8, 4) is 0 Å². The molecular weight excluding hydrogens is 256 g/mol. The van der Waals surface area contributed by atoms with Crippen LogP contribution in [0.4, 0.5) is 5.69 Å². The molecule has 1 aromatic heterocycles. The molecule has 0 aromatic carbocycles. The average Bonchev–Trinajstić information content (AvgIpc) is 2.39. The molecule has 0 unspecified atom stereocenters. The average molecular weight is 272 g/mol. The number of pyridine rings is 1. The molecular formula is C10H16N4O3S. The van der Waals surface area contributed by atoms with E-state index in [4.69, 9.17) is 10.6 Å². The molecule has 1 aliphatic heterocycles. The number of sulfonamides is 1. The molecule has 0 saturated carbocycles. The van der Waals surface area contributed by atoms with Crippen LogP contribution in [0.2, 0.25) is 0 Å². The minimum atomic E-state index is -3.66. The maximum Gasteiger partial charge on any atom is 0.260 e. The van der Waals surface area contributed by atoms with Gasteiger partial charge in [-0.05, 0) is 25.0 Å². The summed E-state index contributed by atoms with van der Waals surface area (Å²) in [6.07, 6.45) is 2.74. The monoisotopic (exact) mass is 272 g/mol. The number of hydrogen-bond acceptors (Lipinski definition) is 6. The molecule has 0 amide bonds. The first-order chi connectivity index (χ1) is 8.63. The molecule has 18 heavy (non-hydrogen) atoms. The third-order valence-electron chi connectivity index (χ3n) is 2.72. The summed E-state index contributed by atoms with van der Waals surface area (Å²) in [6.45, 7) is 1.13. The highest BCUT2D eigenvalue weighted by Crippen LogP contribution is 2.18. The maximum atomic E-state index is 12.2. The van der Waals surface area contributed by atoms with Gasteiger partial charge in [-0.15, -0.1) is 0 Å². The number of hydrogen-bond donors (Lipinski definition) is 3. The first-order valence-electron chi connectivity index (χ1n) is 5.65. The van der Waals surface area contributed by atoms with E-state index in [0.29, 0.717) is 26.1 Å². The van der Waals surface area contributed by atoms with Gasteiger partial charge in [-0.25, -0.2) is 18.1 Å². The van der Waals surface area contributed by atoms with E-state index in [1.165, 1.54) is 6.20 Å². The van der Waals surface area contributed by atoms with Gasteiger partial charge in [0.25, 0.3) is 10.0 Å².